The fraction of sp³-hybridized carbons (Fsp3) is 0.667. The van der Waals surface area contributed by atoms with E-state index in [0.29, 0.717) is 18.8 Å². The molecule has 5 N–H and O–H groups in total. The molecule has 2 aliphatic rings. The average molecular weight is 341 g/mol. The second-order valence-electron chi connectivity index (χ2n) is 6.58. The van der Waals surface area contributed by atoms with Crippen molar-refractivity contribution in [2.45, 2.75) is 62.6 Å². The zero-order valence-electron chi connectivity index (χ0n) is 13.1. The molecule has 2 fully saturated rings. The summed E-state index contributed by atoms with van der Waals surface area (Å²) in [6, 6.07) is -0.306. The minimum atomic E-state index is -2.67. The van der Waals surface area contributed by atoms with Gasteiger partial charge in [0.1, 0.15) is 5.82 Å². The summed E-state index contributed by atoms with van der Waals surface area (Å²) < 4.78 is 25.9. The maximum Gasteiger partial charge on any atom is 0.254 e. The summed E-state index contributed by atoms with van der Waals surface area (Å²) in [5, 5.41) is 15.5. The van der Waals surface area contributed by atoms with Crippen LogP contribution in [0, 0.1) is 0 Å². The lowest BCUT2D eigenvalue weighted by molar-refractivity contribution is -0.0794. The molecule has 1 heterocycles. The van der Waals surface area contributed by atoms with Crippen LogP contribution >= 0.6 is 0 Å². The highest BCUT2D eigenvalue weighted by molar-refractivity contribution is 5.97. The molecule has 2 saturated carbocycles. The first-order chi connectivity index (χ1) is 11.3. The molecule has 0 saturated heterocycles. The minimum Gasteiger partial charge on any atom is -0.393 e. The summed E-state index contributed by atoms with van der Waals surface area (Å²) in [5.74, 6) is -2.89. The topological polar surface area (TPSA) is 113 Å². The molecule has 2 aliphatic carbocycles. The summed E-state index contributed by atoms with van der Waals surface area (Å²) in [6.45, 7) is 0. The number of nitrogens with two attached hydrogens (primary N) is 1. The molecule has 9 heteroatoms. The molecule has 0 unspecified atom stereocenters. The Labute approximate surface area is 138 Å². The molecule has 1 amide bonds. The largest absolute Gasteiger partial charge is 0.393 e. The van der Waals surface area contributed by atoms with E-state index in [2.05, 4.69) is 20.6 Å². The van der Waals surface area contributed by atoms with Crippen LogP contribution in [-0.4, -0.2) is 45.1 Å². The van der Waals surface area contributed by atoms with Gasteiger partial charge in [-0.25, -0.2) is 13.8 Å². The Morgan fingerprint density at radius 2 is 1.88 bits per heavy atom. The van der Waals surface area contributed by atoms with Gasteiger partial charge in [0.05, 0.1) is 11.7 Å². The van der Waals surface area contributed by atoms with Crippen molar-refractivity contribution >= 4 is 17.7 Å². The number of primary amides is 1. The normalized spacial score (nSPS) is 26.5. The Hall–Kier alpha value is -2.03. The number of aliphatic hydroxyl groups is 1. The number of amides is 1. The van der Waals surface area contributed by atoms with Crippen LogP contribution in [0.1, 0.15) is 48.9 Å². The summed E-state index contributed by atoms with van der Waals surface area (Å²) >= 11 is 0. The number of nitrogens with zero attached hydrogens (tertiary/aromatic N) is 2. The van der Waals surface area contributed by atoms with E-state index in [0.717, 1.165) is 12.8 Å². The van der Waals surface area contributed by atoms with Crippen molar-refractivity contribution in [1.82, 2.24) is 9.97 Å². The van der Waals surface area contributed by atoms with Crippen LogP contribution in [0.25, 0.3) is 0 Å². The van der Waals surface area contributed by atoms with Gasteiger partial charge in [-0.3, -0.25) is 4.79 Å². The minimum absolute atomic E-state index is 0.0785. The molecule has 0 aromatic carbocycles. The molecular weight excluding hydrogens is 320 g/mol. The van der Waals surface area contributed by atoms with Crippen molar-refractivity contribution in [3.05, 3.63) is 11.8 Å². The van der Waals surface area contributed by atoms with Gasteiger partial charge in [-0.05, 0) is 25.7 Å². The number of alkyl halides is 2. The van der Waals surface area contributed by atoms with Gasteiger partial charge in [-0.1, -0.05) is 0 Å². The van der Waals surface area contributed by atoms with Crippen molar-refractivity contribution in [1.29, 1.82) is 0 Å². The van der Waals surface area contributed by atoms with Gasteiger partial charge in [0, 0.05) is 31.1 Å². The van der Waals surface area contributed by atoms with Gasteiger partial charge in [0.15, 0.2) is 0 Å². The lowest BCUT2D eigenvalue weighted by atomic mass is 9.88. The van der Waals surface area contributed by atoms with Crippen LogP contribution in [0.4, 0.5) is 20.5 Å². The number of halogens is 2. The number of hydrogen-bond acceptors (Lipinski definition) is 6. The Balaban J connectivity index is 1.69. The summed E-state index contributed by atoms with van der Waals surface area (Å²) in [6.07, 6.45) is 3.45. The Kier molecular flexibility index (Phi) is 4.53. The third kappa shape index (κ3) is 3.89. The zero-order chi connectivity index (χ0) is 17.3. The van der Waals surface area contributed by atoms with E-state index >= 15 is 0 Å². The first-order valence-electron chi connectivity index (χ1n) is 8.08. The number of aliphatic hydroxyl groups excluding tert-OH is 1. The van der Waals surface area contributed by atoms with Crippen LogP contribution < -0.4 is 16.4 Å². The highest BCUT2D eigenvalue weighted by Gasteiger charge is 2.45. The summed E-state index contributed by atoms with van der Waals surface area (Å²) in [4.78, 5) is 19.8. The quantitative estimate of drug-likeness (QED) is 0.645. The molecule has 0 aliphatic heterocycles. The Bertz CT molecular complexity index is 612. The van der Waals surface area contributed by atoms with Gasteiger partial charge in [-0.15, -0.1) is 0 Å². The van der Waals surface area contributed by atoms with Crippen LogP contribution in [0.3, 0.4) is 0 Å². The van der Waals surface area contributed by atoms with Gasteiger partial charge in [-0.2, -0.15) is 4.98 Å². The molecule has 1 aromatic heterocycles. The van der Waals surface area contributed by atoms with E-state index in [1.807, 2.05) is 0 Å². The van der Waals surface area contributed by atoms with Crippen molar-refractivity contribution < 1.29 is 18.7 Å². The maximum absolute atomic E-state index is 13.0. The van der Waals surface area contributed by atoms with Crippen LogP contribution in [0.15, 0.2) is 6.20 Å². The smallest absolute Gasteiger partial charge is 0.254 e. The number of nitrogens with one attached hydrogen (secondary N) is 2. The Morgan fingerprint density at radius 1 is 1.21 bits per heavy atom. The maximum atomic E-state index is 13.0. The van der Waals surface area contributed by atoms with E-state index in [1.165, 1.54) is 6.20 Å². The SMILES string of the molecule is NC(=O)c1cnc(NC2CCC(O)CC2)nc1NC1CC(F)(F)C1. The highest BCUT2D eigenvalue weighted by Crippen LogP contribution is 2.39. The van der Waals surface area contributed by atoms with Crippen molar-refractivity contribution in [2.24, 2.45) is 5.73 Å². The lowest BCUT2D eigenvalue weighted by Gasteiger charge is -2.36. The summed E-state index contributed by atoms with van der Waals surface area (Å²) in [7, 11) is 0. The standard InChI is InChI=1S/C15H21F2N5O2/c16-15(17)5-9(6-15)20-13-11(12(18)24)7-19-14(22-13)21-8-1-3-10(23)4-2-8/h7-10,23H,1-6H2,(H2,18,24)(H2,19,20,21,22). The number of rotatable bonds is 5. The number of anilines is 2. The van der Waals surface area contributed by atoms with E-state index in [1.54, 1.807) is 0 Å². The van der Waals surface area contributed by atoms with Gasteiger partial charge >= 0.3 is 0 Å². The zero-order valence-corrected chi connectivity index (χ0v) is 13.1. The van der Waals surface area contributed by atoms with Crippen molar-refractivity contribution in [2.75, 3.05) is 10.6 Å². The molecule has 0 spiro atoms. The van der Waals surface area contributed by atoms with Gasteiger partial charge in [0.2, 0.25) is 5.95 Å². The number of hydrogen-bond donors (Lipinski definition) is 4. The molecule has 1 aromatic rings. The number of carbonyl (C=O) groups is 1. The highest BCUT2D eigenvalue weighted by atomic mass is 19.3. The van der Waals surface area contributed by atoms with E-state index in [-0.39, 0.29) is 36.4 Å². The van der Waals surface area contributed by atoms with Crippen LogP contribution in [0.2, 0.25) is 0 Å². The molecule has 0 bridgehead atoms. The third-order valence-electron chi connectivity index (χ3n) is 4.52. The van der Waals surface area contributed by atoms with Gasteiger partial charge < -0.3 is 21.5 Å². The average Bonchev–Trinajstić information content (AvgIpc) is 2.48. The van der Waals surface area contributed by atoms with Crippen molar-refractivity contribution in [3.63, 3.8) is 0 Å². The summed E-state index contributed by atoms with van der Waals surface area (Å²) in [5.41, 5.74) is 5.38. The monoisotopic (exact) mass is 341 g/mol. The predicted octanol–water partition coefficient (Wildman–Crippen LogP) is 1.50. The van der Waals surface area contributed by atoms with Crippen LogP contribution in [-0.2, 0) is 0 Å². The van der Waals surface area contributed by atoms with E-state index < -0.39 is 17.9 Å². The molecule has 3 rings (SSSR count). The number of carbonyl (C=O) groups excluding carboxylic acids is 1. The number of aromatic nitrogens is 2. The molecule has 24 heavy (non-hydrogen) atoms. The second kappa shape index (κ2) is 6.46. The van der Waals surface area contributed by atoms with Gasteiger partial charge in [0.25, 0.3) is 11.8 Å². The Morgan fingerprint density at radius 3 is 2.46 bits per heavy atom. The fourth-order valence-corrected chi connectivity index (χ4v) is 3.10. The molecular formula is C15H21F2N5O2. The van der Waals surface area contributed by atoms with Crippen molar-refractivity contribution in [3.8, 4) is 0 Å². The van der Waals surface area contributed by atoms with Crippen LogP contribution in [0.5, 0.6) is 0 Å². The lowest BCUT2D eigenvalue weighted by Crippen LogP contribution is -2.44. The first-order valence-corrected chi connectivity index (χ1v) is 8.08. The fourth-order valence-electron chi connectivity index (χ4n) is 3.10. The second-order valence-corrected chi connectivity index (χ2v) is 6.58. The molecule has 7 nitrogen and oxygen atoms in total. The predicted molar refractivity (Wildman–Crippen MR) is 84.0 cm³/mol. The molecule has 0 atom stereocenters. The van der Waals surface area contributed by atoms with E-state index in [9.17, 15) is 18.7 Å². The van der Waals surface area contributed by atoms with E-state index in [4.69, 9.17) is 5.73 Å². The third-order valence-corrected chi connectivity index (χ3v) is 4.52. The molecule has 0 radical (unpaired) electrons. The first kappa shape index (κ1) is 16.8. The molecule has 132 valence electrons.